The summed E-state index contributed by atoms with van der Waals surface area (Å²) in [5.74, 6) is -0.566. The maximum absolute atomic E-state index is 12.5. The van der Waals surface area contributed by atoms with Crippen LogP contribution in [0.5, 0.6) is 0 Å². The molecule has 0 fully saturated rings. The van der Waals surface area contributed by atoms with Crippen molar-refractivity contribution in [2.24, 2.45) is 0 Å². The third kappa shape index (κ3) is 4.35. The molecule has 1 heterocycles. The van der Waals surface area contributed by atoms with E-state index >= 15 is 0 Å². The van der Waals surface area contributed by atoms with Crippen LogP contribution in [0.25, 0.3) is 0 Å². The number of ether oxygens (including phenoxy) is 1. The standard InChI is InChI=1S/C20H24N2O6S2/c1-14-10-17-12-16(8-9-19(17)22(14)29(4,24)25)20(23)28-13-15-6-5-7-18(11-15)30(26,27)21(2)3/h5-9,11-12,14H,10,13H2,1-4H3. The van der Waals surface area contributed by atoms with Crippen molar-refractivity contribution in [3.8, 4) is 0 Å². The van der Waals surface area contributed by atoms with E-state index in [-0.39, 0.29) is 17.5 Å². The summed E-state index contributed by atoms with van der Waals surface area (Å²) in [5.41, 5.74) is 2.20. The molecule has 10 heteroatoms. The summed E-state index contributed by atoms with van der Waals surface area (Å²) >= 11 is 0. The number of nitrogens with zero attached hydrogens (tertiary/aromatic N) is 2. The molecule has 0 aliphatic carbocycles. The van der Waals surface area contributed by atoms with Gasteiger partial charge in [0.15, 0.2) is 0 Å². The monoisotopic (exact) mass is 452 g/mol. The summed E-state index contributed by atoms with van der Waals surface area (Å²) in [5, 5.41) is 0. The molecule has 0 bridgehead atoms. The second kappa shape index (κ2) is 8.01. The quantitative estimate of drug-likeness (QED) is 0.622. The molecule has 0 radical (unpaired) electrons. The Labute approximate surface area is 177 Å². The third-order valence-electron chi connectivity index (χ3n) is 4.87. The molecule has 1 atom stereocenters. The molecule has 1 aliphatic heterocycles. The maximum atomic E-state index is 12.5. The van der Waals surface area contributed by atoms with Gasteiger partial charge in [0.05, 0.1) is 22.4 Å². The van der Waals surface area contributed by atoms with Crippen molar-refractivity contribution in [3.63, 3.8) is 0 Å². The highest BCUT2D eigenvalue weighted by atomic mass is 32.2. The van der Waals surface area contributed by atoms with Crippen molar-refractivity contribution in [1.29, 1.82) is 0 Å². The number of esters is 1. The number of hydrogen-bond donors (Lipinski definition) is 0. The summed E-state index contributed by atoms with van der Waals surface area (Å²) in [7, 11) is -4.09. The van der Waals surface area contributed by atoms with Crippen LogP contribution in [0.2, 0.25) is 0 Å². The first kappa shape index (κ1) is 22.3. The zero-order valence-corrected chi connectivity index (χ0v) is 18.8. The molecule has 0 saturated carbocycles. The lowest BCUT2D eigenvalue weighted by Crippen LogP contribution is -2.34. The maximum Gasteiger partial charge on any atom is 0.338 e. The summed E-state index contributed by atoms with van der Waals surface area (Å²) in [6.45, 7) is 1.73. The molecule has 162 valence electrons. The van der Waals surface area contributed by atoms with Crippen LogP contribution in [0.1, 0.15) is 28.4 Å². The predicted octanol–water partition coefficient (Wildman–Crippen LogP) is 2.00. The van der Waals surface area contributed by atoms with E-state index in [1.807, 2.05) is 6.92 Å². The summed E-state index contributed by atoms with van der Waals surface area (Å²) in [6, 6.07) is 10.8. The predicted molar refractivity (Wildman–Crippen MR) is 113 cm³/mol. The number of benzene rings is 2. The Kier molecular flexibility index (Phi) is 5.94. The van der Waals surface area contributed by atoms with E-state index in [0.717, 1.165) is 16.1 Å². The fourth-order valence-corrected chi connectivity index (χ4v) is 5.71. The highest BCUT2D eigenvalue weighted by Gasteiger charge is 2.33. The highest BCUT2D eigenvalue weighted by Crippen LogP contribution is 2.34. The minimum atomic E-state index is -3.58. The van der Waals surface area contributed by atoms with Gasteiger partial charge in [0.25, 0.3) is 0 Å². The average Bonchev–Trinajstić information content (AvgIpc) is 3.01. The molecule has 0 aromatic heterocycles. The number of anilines is 1. The third-order valence-corrected chi connectivity index (χ3v) is 7.95. The molecule has 0 saturated heterocycles. The van der Waals surface area contributed by atoms with Crippen LogP contribution in [-0.4, -0.2) is 53.5 Å². The van der Waals surface area contributed by atoms with Crippen molar-refractivity contribution in [2.75, 3.05) is 24.7 Å². The molecule has 30 heavy (non-hydrogen) atoms. The molecule has 2 aromatic carbocycles. The number of carbonyl (C=O) groups excluding carboxylic acids is 1. The zero-order chi connectivity index (χ0) is 22.3. The first-order chi connectivity index (χ1) is 13.9. The Morgan fingerprint density at radius 1 is 1.13 bits per heavy atom. The van der Waals surface area contributed by atoms with Gasteiger partial charge in [-0.15, -0.1) is 0 Å². The van der Waals surface area contributed by atoms with E-state index in [9.17, 15) is 21.6 Å². The minimum absolute atomic E-state index is 0.0847. The smallest absolute Gasteiger partial charge is 0.338 e. The molecule has 0 amide bonds. The lowest BCUT2D eigenvalue weighted by molar-refractivity contribution is 0.0472. The lowest BCUT2D eigenvalue weighted by atomic mass is 10.1. The number of fused-ring (bicyclic) bond motifs is 1. The fraction of sp³-hybridized carbons (Fsp3) is 0.350. The average molecular weight is 453 g/mol. The summed E-state index contributed by atoms with van der Waals surface area (Å²) in [4.78, 5) is 12.6. The molecule has 3 rings (SSSR count). The van der Waals surface area contributed by atoms with E-state index in [2.05, 4.69) is 0 Å². The Bertz CT molecular complexity index is 1190. The van der Waals surface area contributed by atoms with Crippen molar-refractivity contribution < 1.29 is 26.4 Å². The van der Waals surface area contributed by atoms with Gasteiger partial charge in [-0.2, -0.15) is 0 Å². The van der Waals surface area contributed by atoms with E-state index in [4.69, 9.17) is 4.74 Å². The molecule has 8 nitrogen and oxygen atoms in total. The second-order valence-corrected chi connectivity index (χ2v) is 11.5. The van der Waals surface area contributed by atoms with Gasteiger partial charge < -0.3 is 4.74 Å². The van der Waals surface area contributed by atoms with Crippen LogP contribution in [0.3, 0.4) is 0 Å². The SMILES string of the molecule is CC1Cc2cc(C(=O)OCc3cccc(S(=O)(=O)N(C)C)c3)ccc2N1S(C)(=O)=O. The van der Waals surface area contributed by atoms with Gasteiger partial charge in [0.2, 0.25) is 20.0 Å². The van der Waals surface area contributed by atoms with Crippen molar-refractivity contribution in [2.45, 2.75) is 30.9 Å². The van der Waals surface area contributed by atoms with Gasteiger partial charge in [0, 0.05) is 20.1 Å². The zero-order valence-electron chi connectivity index (χ0n) is 17.2. The Morgan fingerprint density at radius 2 is 1.83 bits per heavy atom. The number of carbonyl (C=O) groups is 1. The number of sulfonamides is 2. The Hall–Kier alpha value is -2.43. The lowest BCUT2D eigenvalue weighted by Gasteiger charge is -2.21. The largest absolute Gasteiger partial charge is 0.457 e. The summed E-state index contributed by atoms with van der Waals surface area (Å²) < 4.78 is 56.3. The molecule has 0 spiro atoms. The topological polar surface area (TPSA) is 101 Å². The second-order valence-electron chi connectivity index (χ2n) is 7.47. The molecule has 1 unspecified atom stereocenters. The van der Waals surface area contributed by atoms with Gasteiger partial charge in [-0.25, -0.2) is 25.9 Å². The van der Waals surface area contributed by atoms with Gasteiger partial charge in [-0.05, 0) is 54.8 Å². The number of rotatable bonds is 6. The van der Waals surface area contributed by atoms with Gasteiger partial charge in [-0.3, -0.25) is 4.31 Å². The highest BCUT2D eigenvalue weighted by molar-refractivity contribution is 7.92. The van der Waals surface area contributed by atoms with E-state index in [1.54, 1.807) is 24.3 Å². The summed E-state index contributed by atoms with van der Waals surface area (Å²) in [6.07, 6.45) is 1.67. The van der Waals surface area contributed by atoms with E-state index in [0.29, 0.717) is 23.2 Å². The van der Waals surface area contributed by atoms with Crippen molar-refractivity contribution in [1.82, 2.24) is 4.31 Å². The van der Waals surface area contributed by atoms with Gasteiger partial charge >= 0.3 is 5.97 Å². The number of hydrogen-bond acceptors (Lipinski definition) is 6. The fourth-order valence-electron chi connectivity index (χ4n) is 3.47. The Balaban J connectivity index is 1.75. The molecular weight excluding hydrogens is 428 g/mol. The van der Waals surface area contributed by atoms with Crippen molar-refractivity contribution >= 4 is 31.7 Å². The first-order valence-corrected chi connectivity index (χ1v) is 12.5. The van der Waals surface area contributed by atoms with Crippen LogP contribution in [-0.2, 0) is 37.8 Å². The van der Waals surface area contributed by atoms with E-state index in [1.165, 1.54) is 36.6 Å². The molecule has 0 N–H and O–H groups in total. The van der Waals surface area contributed by atoms with Crippen LogP contribution >= 0.6 is 0 Å². The molecule has 2 aromatic rings. The molecular formula is C20H24N2O6S2. The minimum Gasteiger partial charge on any atom is -0.457 e. The van der Waals surface area contributed by atoms with Crippen LogP contribution in [0, 0.1) is 0 Å². The van der Waals surface area contributed by atoms with Crippen LogP contribution < -0.4 is 4.31 Å². The van der Waals surface area contributed by atoms with Crippen LogP contribution in [0.4, 0.5) is 5.69 Å². The van der Waals surface area contributed by atoms with Gasteiger partial charge in [-0.1, -0.05) is 12.1 Å². The normalized spacial score (nSPS) is 16.6. The Morgan fingerprint density at radius 3 is 2.47 bits per heavy atom. The van der Waals surface area contributed by atoms with E-state index < -0.39 is 26.0 Å². The van der Waals surface area contributed by atoms with Crippen LogP contribution in [0.15, 0.2) is 47.4 Å². The van der Waals surface area contributed by atoms with Gasteiger partial charge in [0.1, 0.15) is 6.61 Å². The first-order valence-electron chi connectivity index (χ1n) is 9.22. The molecule has 1 aliphatic rings. The van der Waals surface area contributed by atoms with Crippen molar-refractivity contribution in [3.05, 3.63) is 59.2 Å².